The topological polar surface area (TPSA) is 84.3 Å². The molecule has 3 heterocycles. The van der Waals surface area contributed by atoms with Gasteiger partial charge in [-0.25, -0.2) is 13.4 Å². The number of benzene rings is 2. The highest BCUT2D eigenvalue weighted by molar-refractivity contribution is 7.89. The Balaban J connectivity index is 1.51. The lowest BCUT2D eigenvalue weighted by Crippen LogP contribution is -2.39. The Morgan fingerprint density at radius 1 is 0.938 bits per heavy atom. The molecular formula is C24H22N4O3S. The number of pyridine rings is 1. The van der Waals surface area contributed by atoms with E-state index in [4.69, 9.17) is 0 Å². The first-order chi connectivity index (χ1) is 15.5. The number of hydrogen-bond acceptors (Lipinski definition) is 4. The van der Waals surface area contributed by atoms with Crippen LogP contribution in [0.2, 0.25) is 0 Å². The molecule has 5 rings (SSSR count). The van der Waals surface area contributed by atoms with Gasteiger partial charge >= 0.3 is 0 Å². The molecule has 0 saturated heterocycles. The lowest BCUT2D eigenvalue weighted by Gasteiger charge is -2.28. The number of nitrogens with one attached hydrogen (secondary N) is 1. The molecule has 0 atom stereocenters. The molecule has 2 aromatic heterocycles. The van der Waals surface area contributed by atoms with Crippen LogP contribution in [0.4, 0.5) is 0 Å². The summed E-state index contributed by atoms with van der Waals surface area (Å²) >= 11 is 0. The predicted octanol–water partition coefficient (Wildman–Crippen LogP) is 3.27. The summed E-state index contributed by atoms with van der Waals surface area (Å²) < 4.78 is 30.2. The fourth-order valence-corrected chi connectivity index (χ4v) is 5.66. The summed E-state index contributed by atoms with van der Waals surface area (Å²) in [4.78, 5) is 17.3. The minimum atomic E-state index is -3.72. The van der Waals surface area contributed by atoms with Crippen molar-refractivity contribution in [2.75, 3.05) is 13.6 Å². The fourth-order valence-electron chi connectivity index (χ4n) is 4.27. The Morgan fingerprint density at radius 2 is 1.66 bits per heavy atom. The van der Waals surface area contributed by atoms with Crippen molar-refractivity contribution in [1.29, 1.82) is 0 Å². The van der Waals surface area contributed by atoms with Gasteiger partial charge in [0.25, 0.3) is 5.91 Å². The van der Waals surface area contributed by atoms with Gasteiger partial charge in [0, 0.05) is 37.4 Å². The van der Waals surface area contributed by atoms with Gasteiger partial charge in [0.15, 0.2) is 0 Å². The first-order valence-electron chi connectivity index (χ1n) is 10.3. The van der Waals surface area contributed by atoms with E-state index >= 15 is 0 Å². The van der Waals surface area contributed by atoms with Gasteiger partial charge in [0.1, 0.15) is 5.65 Å². The molecule has 1 N–H and O–H groups in total. The van der Waals surface area contributed by atoms with Crippen molar-refractivity contribution in [3.8, 4) is 11.1 Å². The number of sulfonamides is 1. The highest BCUT2D eigenvalue weighted by atomic mass is 32.2. The van der Waals surface area contributed by atoms with Crippen LogP contribution in [0.5, 0.6) is 0 Å². The van der Waals surface area contributed by atoms with E-state index in [-0.39, 0.29) is 17.3 Å². The molecule has 4 aromatic rings. The van der Waals surface area contributed by atoms with Crippen LogP contribution < -0.4 is 5.32 Å². The van der Waals surface area contributed by atoms with Crippen LogP contribution in [-0.4, -0.2) is 41.8 Å². The van der Waals surface area contributed by atoms with Gasteiger partial charge in [-0.2, -0.15) is 4.31 Å². The van der Waals surface area contributed by atoms with Crippen LogP contribution in [0.1, 0.15) is 16.1 Å². The van der Waals surface area contributed by atoms with E-state index in [0.717, 1.165) is 16.5 Å². The fraction of sp³-hybridized carbons (Fsp3) is 0.167. The van der Waals surface area contributed by atoms with Gasteiger partial charge in [-0.1, -0.05) is 42.5 Å². The summed E-state index contributed by atoms with van der Waals surface area (Å²) in [6.45, 7) is 0.854. The second-order valence-electron chi connectivity index (χ2n) is 7.66. The zero-order valence-corrected chi connectivity index (χ0v) is 18.3. The van der Waals surface area contributed by atoms with Crippen LogP contribution in [0.15, 0.2) is 77.8 Å². The van der Waals surface area contributed by atoms with Crippen molar-refractivity contribution >= 4 is 27.0 Å². The molecule has 7 nitrogen and oxygen atoms in total. The third-order valence-electron chi connectivity index (χ3n) is 5.88. The Morgan fingerprint density at radius 3 is 2.38 bits per heavy atom. The number of fused-ring (bicyclic) bond motifs is 3. The summed E-state index contributed by atoms with van der Waals surface area (Å²) in [5, 5.41) is 3.40. The average Bonchev–Trinajstić information content (AvgIpc) is 3.18. The van der Waals surface area contributed by atoms with E-state index in [1.807, 2.05) is 53.1 Å². The van der Waals surface area contributed by atoms with E-state index in [0.29, 0.717) is 30.0 Å². The van der Waals surface area contributed by atoms with Gasteiger partial charge in [-0.3, -0.25) is 4.79 Å². The maximum atomic E-state index is 13.4. The van der Waals surface area contributed by atoms with Crippen LogP contribution in [-0.2, 0) is 23.1 Å². The molecule has 0 radical (unpaired) electrons. The molecule has 32 heavy (non-hydrogen) atoms. The molecule has 0 bridgehead atoms. The number of rotatable bonds is 4. The van der Waals surface area contributed by atoms with Crippen molar-refractivity contribution in [1.82, 2.24) is 19.2 Å². The van der Waals surface area contributed by atoms with Crippen LogP contribution in [0.3, 0.4) is 0 Å². The molecule has 0 unspecified atom stereocenters. The van der Waals surface area contributed by atoms with Gasteiger partial charge in [0.2, 0.25) is 10.0 Å². The third kappa shape index (κ3) is 3.28. The minimum Gasteiger partial charge on any atom is -0.355 e. The lowest BCUT2D eigenvalue weighted by molar-refractivity contribution is 0.0962. The van der Waals surface area contributed by atoms with Crippen molar-refractivity contribution in [2.24, 2.45) is 0 Å². The SMILES string of the molecule is CNC(=O)c1c2n(c3ncccc13)CCN(S(=O)(=O)c1ccc(-c3ccccc3)cc1)C2. The summed E-state index contributed by atoms with van der Waals surface area (Å²) in [5.74, 6) is -0.247. The van der Waals surface area contributed by atoms with Gasteiger partial charge in [-0.05, 0) is 35.4 Å². The van der Waals surface area contributed by atoms with Crippen LogP contribution in [0.25, 0.3) is 22.2 Å². The van der Waals surface area contributed by atoms with Crippen molar-refractivity contribution in [3.63, 3.8) is 0 Å². The number of nitrogens with zero attached hydrogens (tertiary/aromatic N) is 3. The number of carbonyl (C=O) groups excluding carboxylic acids is 1. The molecule has 2 aromatic carbocycles. The zero-order valence-electron chi connectivity index (χ0n) is 17.5. The lowest BCUT2D eigenvalue weighted by atomic mass is 10.1. The number of aromatic nitrogens is 2. The molecule has 8 heteroatoms. The molecule has 1 aliphatic rings. The van der Waals surface area contributed by atoms with Crippen LogP contribution >= 0.6 is 0 Å². The molecule has 0 spiro atoms. The zero-order chi connectivity index (χ0) is 22.3. The van der Waals surface area contributed by atoms with Gasteiger partial charge in [0.05, 0.1) is 17.0 Å². The Labute approximate surface area is 186 Å². The first kappa shape index (κ1) is 20.4. The van der Waals surface area contributed by atoms with E-state index in [1.165, 1.54) is 4.31 Å². The highest BCUT2D eigenvalue weighted by Gasteiger charge is 2.33. The Bertz CT molecular complexity index is 1410. The highest BCUT2D eigenvalue weighted by Crippen LogP contribution is 2.31. The maximum Gasteiger partial charge on any atom is 0.253 e. The van der Waals surface area contributed by atoms with E-state index in [2.05, 4.69) is 10.3 Å². The smallest absolute Gasteiger partial charge is 0.253 e. The Hall–Kier alpha value is -3.49. The van der Waals surface area contributed by atoms with Crippen molar-refractivity contribution in [3.05, 3.63) is 84.2 Å². The predicted molar refractivity (Wildman–Crippen MR) is 123 cm³/mol. The minimum absolute atomic E-state index is 0.113. The molecular weight excluding hydrogens is 424 g/mol. The quantitative estimate of drug-likeness (QED) is 0.522. The van der Waals surface area contributed by atoms with Gasteiger partial charge < -0.3 is 9.88 Å². The summed E-state index contributed by atoms with van der Waals surface area (Å²) in [6.07, 6.45) is 1.68. The Kier molecular flexibility index (Phi) is 5.03. The monoisotopic (exact) mass is 446 g/mol. The molecule has 0 aliphatic carbocycles. The largest absolute Gasteiger partial charge is 0.355 e. The molecule has 0 saturated carbocycles. The number of hydrogen-bond donors (Lipinski definition) is 1. The van der Waals surface area contributed by atoms with E-state index in [9.17, 15) is 13.2 Å². The standard InChI is InChI=1S/C24H22N4O3S/c1-25-24(29)22-20-8-5-13-26-23(20)28-15-14-27(16-21(22)28)32(30,31)19-11-9-18(10-12-19)17-6-3-2-4-7-17/h2-13H,14-16H2,1H3,(H,25,29). The average molecular weight is 447 g/mol. The maximum absolute atomic E-state index is 13.4. The summed E-state index contributed by atoms with van der Waals surface area (Å²) in [7, 11) is -2.15. The van der Waals surface area contributed by atoms with Gasteiger partial charge in [-0.15, -0.1) is 0 Å². The number of amides is 1. The summed E-state index contributed by atoms with van der Waals surface area (Å²) in [6, 6.07) is 20.4. The molecule has 0 fully saturated rings. The normalized spacial score (nSPS) is 14.3. The molecule has 1 aliphatic heterocycles. The van der Waals surface area contributed by atoms with E-state index < -0.39 is 10.0 Å². The first-order valence-corrected chi connectivity index (χ1v) is 11.8. The summed E-state index contributed by atoms with van der Waals surface area (Å²) in [5.41, 5.74) is 3.83. The third-order valence-corrected chi connectivity index (χ3v) is 7.74. The molecule has 162 valence electrons. The van der Waals surface area contributed by atoms with Crippen molar-refractivity contribution in [2.45, 2.75) is 18.0 Å². The van der Waals surface area contributed by atoms with Crippen molar-refractivity contribution < 1.29 is 13.2 Å². The second-order valence-corrected chi connectivity index (χ2v) is 9.59. The molecule has 1 amide bonds. The van der Waals surface area contributed by atoms with Crippen LogP contribution in [0, 0.1) is 0 Å². The van der Waals surface area contributed by atoms with E-state index in [1.54, 1.807) is 31.4 Å². The number of carbonyl (C=O) groups is 1. The second kappa shape index (κ2) is 7.89.